The van der Waals surface area contributed by atoms with Crippen LogP contribution >= 0.6 is 15.9 Å². The molecule has 108 valence electrons. The first-order chi connectivity index (χ1) is 9.26. The van der Waals surface area contributed by atoms with E-state index in [4.69, 9.17) is 4.74 Å². The molecule has 0 saturated heterocycles. The lowest BCUT2D eigenvalue weighted by molar-refractivity contribution is 0.0283. The van der Waals surface area contributed by atoms with Crippen molar-refractivity contribution in [1.29, 1.82) is 0 Å². The van der Waals surface area contributed by atoms with Crippen LogP contribution < -0.4 is 0 Å². The molecule has 0 fully saturated rings. The molecule has 5 nitrogen and oxygen atoms in total. The zero-order valence-electron chi connectivity index (χ0n) is 12.1. The van der Waals surface area contributed by atoms with Crippen LogP contribution in [-0.2, 0) is 11.3 Å². The molecule has 0 radical (unpaired) electrons. The molecule has 0 spiro atoms. The SMILES string of the molecule is CN(Cc1cnc2ccc(Br)cn12)C(=O)OC(C)(C)C. The molecule has 2 aromatic heterocycles. The van der Waals surface area contributed by atoms with Crippen molar-refractivity contribution in [3.63, 3.8) is 0 Å². The topological polar surface area (TPSA) is 46.8 Å². The Bertz CT molecular complexity index is 631. The first kappa shape index (κ1) is 14.8. The van der Waals surface area contributed by atoms with Crippen molar-refractivity contribution >= 4 is 27.7 Å². The van der Waals surface area contributed by atoms with Crippen molar-refractivity contribution in [2.24, 2.45) is 0 Å². The van der Waals surface area contributed by atoms with Crippen LogP contribution in [0.15, 0.2) is 29.0 Å². The summed E-state index contributed by atoms with van der Waals surface area (Å²) in [6, 6.07) is 3.85. The molecule has 0 bridgehead atoms. The largest absolute Gasteiger partial charge is 0.444 e. The third kappa shape index (κ3) is 3.50. The summed E-state index contributed by atoms with van der Waals surface area (Å²) >= 11 is 3.43. The maximum absolute atomic E-state index is 12.0. The third-order valence-electron chi connectivity index (χ3n) is 2.65. The van der Waals surface area contributed by atoms with Gasteiger partial charge in [-0.2, -0.15) is 0 Å². The molecule has 0 aliphatic heterocycles. The second-order valence-corrected chi connectivity index (χ2v) is 6.58. The fourth-order valence-corrected chi connectivity index (χ4v) is 2.11. The van der Waals surface area contributed by atoms with Gasteiger partial charge in [0, 0.05) is 17.7 Å². The van der Waals surface area contributed by atoms with Gasteiger partial charge in [-0.15, -0.1) is 0 Å². The Morgan fingerprint density at radius 2 is 2.15 bits per heavy atom. The highest BCUT2D eigenvalue weighted by atomic mass is 79.9. The van der Waals surface area contributed by atoms with Crippen LogP contribution in [0.25, 0.3) is 5.65 Å². The van der Waals surface area contributed by atoms with Gasteiger partial charge in [0.25, 0.3) is 0 Å². The van der Waals surface area contributed by atoms with E-state index in [1.54, 1.807) is 13.2 Å². The van der Waals surface area contributed by atoms with E-state index in [1.165, 1.54) is 4.90 Å². The van der Waals surface area contributed by atoms with Crippen molar-refractivity contribution in [2.75, 3.05) is 7.05 Å². The van der Waals surface area contributed by atoms with Gasteiger partial charge in [-0.1, -0.05) is 0 Å². The van der Waals surface area contributed by atoms with Gasteiger partial charge < -0.3 is 14.0 Å². The summed E-state index contributed by atoms with van der Waals surface area (Å²) in [5.74, 6) is 0. The van der Waals surface area contributed by atoms with Crippen molar-refractivity contribution in [3.8, 4) is 0 Å². The summed E-state index contributed by atoms with van der Waals surface area (Å²) in [4.78, 5) is 17.8. The van der Waals surface area contributed by atoms with E-state index in [0.29, 0.717) is 6.54 Å². The molecule has 2 aromatic rings. The minimum atomic E-state index is -0.492. The summed E-state index contributed by atoms with van der Waals surface area (Å²) in [6.07, 6.45) is 3.35. The van der Waals surface area contributed by atoms with Crippen LogP contribution in [-0.4, -0.2) is 33.0 Å². The van der Waals surface area contributed by atoms with E-state index in [1.807, 2.05) is 43.5 Å². The smallest absolute Gasteiger partial charge is 0.410 e. The Morgan fingerprint density at radius 1 is 1.45 bits per heavy atom. The molecule has 0 saturated carbocycles. The minimum Gasteiger partial charge on any atom is -0.444 e. The van der Waals surface area contributed by atoms with E-state index in [0.717, 1.165) is 15.8 Å². The maximum Gasteiger partial charge on any atom is 0.410 e. The number of carbonyl (C=O) groups excluding carboxylic acids is 1. The Morgan fingerprint density at radius 3 is 2.80 bits per heavy atom. The van der Waals surface area contributed by atoms with Gasteiger partial charge in [0.05, 0.1) is 18.4 Å². The van der Waals surface area contributed by atoms with Crippen LogP contribution in [0.4, 0.5) is 4.79 Å². The highest BCUT2D eigenvalue weighted by Crippen LogP contribution is 2.16. The van der Waals surface area contributed by atoms with E-state index in [9.17, 15) is 4.79 Å². The summed E-state index contributed by atoms with van der Waals surface area (Å²) in [7, 11) is 1.71. The fraction of sp³-hybridized carbons (Fsp3) is 0.429. The van der Waals surface area contributed by atoms with Crippen molar-refractivity contribution in [2.45, 2.75) is 32.9 Å². The molecule has 0 aliphatic carbocycles. The van der Waals surface area contributed by atoms with Gasteiger partial charge in [0.2, 0.25) is 0 Å². The standard InChI is InChI=1S/C14H18BrN3O2/c1-14(2,3)20-13(19)17(4)9-11-7-16-12-6-5-10(15)8-18(11)12/h5-8H,9H2,1-4H3. The van der Waals surface area contributed by atoms with Crippen molar-refractivity contribution in [1.82, 2.24) is 14.3 Å². The normalized spacial score (nSPS) is 11.7. The predicted octanol–water partition coefficient (Wildman–Crippen LogP) is 3.46. The monoisotopic (exact) mass is 339 g/mol. The average Bonchev–Trinajstić information content (AvgIpc) is 2.69. The third-order valence-corrected chi connectivity index (χ3v) is 3.12. The second-order valence-electron chi connectivity index (χ2n) is 5.66. The number of hydrogen-bond acceptors (Lipinski definition) is 3. The lowest BCUT2D eigenvalue weighted by atomic mass is 10.2. The number of aromatic nitrogens is 2. The first-order valence-corrected chi connectivity index (χ1v) is 7.11. The van der Waals surface area contributed by atoms with E-state index in [-0.39, 0.29) is 6.09 Å². The molecule has 2 rings (SSSR count). The number of fused-ring (bicyclic) bond motifs is 1. The Hall–Kier alpha value is -1.56. The maximum atomic E-state index is 12.0. The predicted molar refractivity (Wildman–Crippen MR) is 80.6 cm³/mol. The average molecular weight is 340 g/mol. The van der Waals surface area contributed by atoms with Gasteiger partial charge in [0.1, 0.15) is 11.2 Å². The summed E-state index contributed by atoms with van der Waals surface area (Å²) in [5, 5.41) is 0. The Kier molecular flexibility index (Phi) is 4.04. The van der Waals surface area contributed by atoms with Gasteiger partial charge >= 0.3 is 6.09 Å². The lowest BCUT2D eigenvalue weighted by Gasteiger charge is -2.24. The zero-order valence-corrected chi connectivity index (χ0v) is 13.6. The molecule has 0 N–H and O–H groups in total. The molecule has 1 amide bonds. The van der Waals surface area contributed by atoms with Crippen LogP contribution in [0, 0.1) is 0 Å². The van der Waals surface area contributed by atoms with Crippen molar-refractivity contribution in [3.05, 3.63) is 34.7 Å². The quantitative estimate of drug-likeness (QED) is 0.841. The molecular weight excluding hydrogens is 322 g/mol. The lowest BCUT2D eigenvalue weighted by Crippen LogP contribution is -2.34. The number of halogens is 1. The highest BCUT2D eigenvalue weighted by molar-refractivity contribution is 9.10. The fourth-order valence-electron chi connectivity index (χ4n) is 1.77. The number of imidazole rings is 1. The number of hydrogen-bond donors (Lipinski definition) is 0. The first-order valence-electron chi connectivity index (χ1n) is 6.32. The molecule has 20 heavy (non-hydrogen) atoms. The van der Waals surface area contributed by atoms with Crippen LogP contribution in [0.1, 0.15) is 26.5 Å². The number of amides is 1. The zero-order chi connectivity index (χ0) is 14.9. The molecule has 6 heteroatoms. The number of rotatable bonds is 2. The molecule has 0 aliphatic rings. The van der Waals surface area contributed by atoms with E-state index in [2.05, 4.69) is 20.9 Å². The van der Waals surface area contributed by atoms with E-state index >= 15 is 0 Å². The van der Waals surface area contributed by atoms with E-state index < -0.39 is 5.60 Å². The van der Waals surface area contributed by atoms with Gasteiger partial charge in [-0.05, 0) is 48.8 Å². The van der Waals surface area contributed by atoms with Gasteiger partial charge in [-0.3, -0.25) is 0 Å². The molecule has 2 heterocycles. The molecule has 0 atom stereocenters. The summed E-state index contributed by atoms with van der Waals surface area (Å²) in [5.41, 5.74) is 1.28. The Labute approximate surface area is 126 Å². The molecule has 0 unspecified atom stereocenters. The van der Waals surface area contributed by atoms with Gasteiger partial charge in [-0.25, -0.2) is 9.78 Å². The summed E-state index contributed by atoms with van der Waals surface area (Å²) < 4.78 is 8.24. The number of pyridine rings is 1. The number of ether oxygens (including phenoxy) is 1. The Balaban J connectivity index is 2.15. The van der Waals surface area contributed by atoms with Crippen LogP contribution in [0.5, 0.6) is 0 Å². The van der Waals surface area contributed by atoms with Crippen LogP contribution in [0.3, 0.4) is 0 Å². The number of carbonyl (C=O) groups is 1. The van der Waals surface area contributed by atoms with Crippen LogP contribution in [0.2, 0.25) is 0 Å². The molecular formula is C14H18BrN3O2. The molecule has 0 aromatic carbocycles. The number of nitrogens with zero attached hydrogens (tertiary/aromatic N) is 3. The van der Waals surface area contributed by atoms with Crippen molar-refractivity contribution < 1.29 is 9.53 Å². The highest BCUT2D eigenvalue weighted by Gasteiger charge is 2.20. The summed E-state index contributed by atoms with van der Waals surface area (Å²) in [6.45, 7) is 5.99. The minimum absolute atomic E-state index is 0.345. The van der Waals surface area contributed by atoms with Gasteiger partial charge in [0.15, 0.2) is 0 Å². The second kappa shape index (κ2) is 5.44.